The molecule has 5 rings (SSSR count). The Morgan fingerprint density at radius 3 is 2.21 bits per heavy atom. The van der Waals surface area contributed by atoms with Crippen molar-refractivity contribution in [3.8, 4) is 0 Å². The molecular formula is C26H26N4O3. The lowest BCUT2D eigenvalue weighted by Gasteiger charge is -2.25. The second kappa shape index (κ2) is 7.99. The summed E-state index contributed by atoms with van der Waals surface area (Å²) in [6.45, 7) is 4.94. The summed E-state index contributed by atoms with van der Waals surface area (Å²) >= 11 is 0. The van der Waals surface area contributed by atoms with Gasteiger partial charge in [-0.05, 0) is 56.5 Å². The zero-order valence-corrected chi connectivity index (χ0v) is 19.0. The zero-order valence-electron chi connectivity index (χ0n) is 19.0. The van der Waals surface area contributed by atoms with E-state index in [1.54, 1.807) is 36.4 Å². The van der Waals surface area contributed by atoms with Gasteiger partial charge in [0.25, 0.3) is 17.7 Å². The van der Waals surface area contributed by atoms with E-state index in [1.165, 1.54) is 4.90 Å². The van der Waals surface area contributed by atoms with Gasteiger partial charge in [-0.25, -0.2) is 0 Å². The SMILES string of the molecule is Cc1nn(C)c(C)c1C1CCCN1C(=O)c1ccc(CN2C(=O)c3ccccc3C2=O)cc1. The van der Waals surface area contributed by atoms with E-state index >= 15 is 0 Å². The Morgan fingerprint density at radius 1 is 1.00 bits per heavy atom. The number of benzene rings is 2. The zero-order chi connectivity index (χ0) is 23.3. The number of rotatable bonds is 4. The number of nitrogens with zero attached hydrogens (tertiary/aromatic N) is 4. The highest BCUT2D eigenvalue weighted by Gasteiger charge is 2.36. The Hall–Kier alpha value is -3.74. The first-order valence-corrected chi connectivity index (χ1v) is 11.2. The third-order valence-electron chi connectivity index (χ3n) is 6.83. The highest BCUT2D eigenvalue weighted by Crippen LogP contribution is 2.36. The smallest absolute Gasteiger partial charge is 0.261 e. The Labute approximate surface area is 192 Å². The topological polar surface area (TPSA) is 75.5 Å². The van der Waals surface area contributed by atoms with Crippen molar-refractivity contribution in [2.45, 2.75) is 39.3 Å². The molecule has 1 atom stereocenters. The van der Waals surface area contributed by atoms with E-state index in [-0.39, 0.29) is 30.3 Å². The van der Waals surface area contributed by atoms with Crippen molar-refractivity contribution in [3.05, 3.63) is 87.7 Å². The molecule has 3 heterocycles. The van der Waals surface area contributed by atoms with Crippen molar-refractivity contribution in [1.29, 1.82) is 0 Å². The van der Waals surface area contributed by atoms with Crippen LogP contribution in [0.2, 0.25) is 0 Å². The fraction of sp³-hybridized carbons (Fsp3) is 0.308. The van der Waals surface area contributed by atoms with Crippen LogP contribution in [0.15, 0.2) is 48.5 Å². The fourth-order valence-corrected chi connectivity index (χ4v) is 5.07. The molecular weight excluding hydrogens is 416 g/mol. The van der Waals surface area contributed by atoms with Gasteiger partial charge in [0, 0.05) is 30.4 Å². The molecule has 1 saturated heterocycles. The molecule has 1 unspecified atom stereocenters. The standard InChI is InChI=1S/C26H26N4O3/c1-16-23(17(2)28(3)27-16)22-9-6-14-29(22)24(31)19-12-10-18(11-13-19)15-30-25(32)20-7-4-5-8-21(20)26(30)33/h4-5,7-8,10-13,22H,6,9,14-15H2,1-3H3. The van der Waals surface area contributed by atoms with E-state index in [1.807, 2.05) is 42.6 Å². The first-order chi connectivity index (χ1) is 15.9. The number of carbonyl (C=O) groups is 3. The number of imide groups is 1. The summed E-state index contributed by atoms with van der Waals surface area (Å²) in [5.41, 5.74) is 5.49. The summed E-state index contributed by atoms with van der Waals surface area (Å²) in [6.07, 6.45) is 1.89. The molecule has 0 spiro atoms. The molecule has 168 valence electrons. The van der Waals surface area contributed by atoms with E-state index < -0.39 is 0 Å². The molecule has 7 heteroatoms. The van der Waals surface area contributed by atoms with Crippen LogP contribution < -0.4 is 0 Å². The van der Waals surface area contributed by atoms with Crippen LogP contribution in [0, 0.1) is 13.8 Å². The van der Waals surface area contributed by atoms with Crippen LogP contribution >= 0.6 is 0 Å². The van der Waals surface area contributed by atoms with E-state index in [2.05, 4.69) is 5.10 Å². The fourth-order valence-electron chi connectivity index (χ4n) is 5.07. The molecule has 0 radical (unpaired) electrons. The van der Waals surface area contributed by atoms with Crippen molar-refractivity contribution in [1.82, 2.24) is 19.6 Å². The van der Waals surface area contributed by atoms with Gasteiger partial charge >= 0.3 is 0 Å². The van der Waals surface area contributed by atoms with Crippen LogP contribution in [0.5, 0.6) is 0 Å². The van der Waals surface area contributed by atoms with Gasteiger partial charge < -0.3 is 4.90 Å². The summed E-state index contributed by atoms with van der Waals surface area (Å²) in [7, 11) is 1.93. The van der Waals surface area contributed by atoms with Crippen molar-refractivity contribution < 1.29 is 14.4 Å². The minimum Gasteiger partial charge on any atom is -0.331 e. The molecule has 2 aliphatic heterocycles. The van der Waals surface area contributed by atoms with Crippen LogP contribution in [-0.4, -0.2) is 43.8 Å². The number of amides is 3. The molecule has 0 bridgehead atoms. The number of likely N-dealkylation sites (tertiary alicyclic amines) is 1. The molecule has 33 heavy (non-hydrogen) atoms. The molecule has 1 aromatic heterocycles. The molecule has 0 N–H and O–H groups in total. The summed E-state index contributed by atoms with van der Waals surface area (Å²) < 4.78 is 1.87. The molecule has 7 nitrogen and oxygen atoms in total. The molecule has 0 aliphatic carbocycles. The number of fused-ring (bicyclic) bond motifs is 1. The second-order valence-electron chi connectivity index (χ2n) is 8.80. The Kier molecular flexibility index (Phi) is 5.12. The average molecular weight is 443 g/mol. The highest BCUT2D eigenvalue weighted by atomic mass is 16.2. The van der Waals surface area contributed by atoms with Crippen LogP contribution in [0.1, 0.15) is 72.5 Å². The van der Waals surface area contributed by atoms with Gasteiger partial charge in [0.15, 0.2) is 0 Å². The van der Waals surface area contributed by atoms with Gasteiger partial charge in [-0.1, -0.05) is 24.3 Å². The quantitative estimate of drug-likeness (QED) is 0.576. The van der Waals surface area contributed by atoms with Gasteiger partial charge in [-0.3, -0.25) is 24.0 Å². The van der Waals surface area contributed by atoms with Crippen molar-refractivity contribution in [2.24, 2.45) is 7.05 Å². The lowest BCUT2D eigenvalue weighted by Crippen LogP contribution is -2.31. The van der Waals surface area contributed by atoms with Crippen LogP contribution in [-0.2, 0) is 13.6 Å². The van der Waals surface area contributed by atoms with Crippen LogP contribution in [0.3, 0.4) is 0 Å². The largest absolute Gasteiger partial charge is 0.331 e. The average Bonchev–Trinajstić information content (AvgIpc) is 3.46. The summed E-state index contributed by atoms with van der Waals surface area (Å²) in [5, 5.41) is 4.53. The lowest BCUT2D eigenvalue weighted by molar-refractivity contribution is 0.0640. The van der Waals surface area contributed by atoms with Crippen LogP contribution in [0.4, 0.5) is 0 Å². The first-order valence-electron chi connectivity index (χ1n) is 11.2. The van der Waals surface area contributed by atoms with E-state index in [0.717, 1.165) is 35.4 Å². The minimum absolute atomic E-state index is 0.00701. The summed E-state index contributed by atoms with van der Waals surface area (Å²) in [6, 6.07) is 14.1. The van der Waals surface area contributed by atoms with Gasteiger partial charge in [-0.2, -0.15) is 5.10 Å². The predicted octanol–water partition coefficient (Wildman–Crippen LogP) is 3.81. The maximum Gasteiger partial charge on any atom is 0.261 e. The van der Waals surface area contributed by atoms with Crippen LogP contribution in [0.25, 0.3) is 0 Å². The van der Waals surface area contributed by atoms with Crippen molar-refractivity contribution in [2.75, 3.05) is 6.54 Å². The van der Waals surface area contributed by atoms with Gasteiger partial charge in [0.05, 0.1) is 29.4 Å². The number of aromatic nitrogens is 2. The minimum atomic E-state index is -0.280. The monoisotopic (exact) mass is 442 g/mol. The second-order valence-corrected chi connectivity index (χ2v) is 8.80. The molecule has 3 amide bonds. The first kappa shape index (κ1) is 21.1. The predicted molar refractivity (Wildman–Crippen MR) is 123 cm³/mol. The van der Waals surface area contributed by atoms with Gasteiger partial charge in [0.2, 0.25) is 0 Å². The third kappa shape index (κ3) is 3.44. The molecule has 2 aromatic carbocycles. The molecule has 0 saturated carbocycles. The summed E-state index contributed by atoms with van der Waals surface area (Å²) in [5.74, 6) is -0.567. The lowest BCUT2D eigenvalue weighted by atomic mass is 10.0. The van der Waals surface area contributed by atoms with E-state index in [0.29, 0.717) is 23.2 Å². The summed E-state index contributed by atoms with van der Waals surface area (Å²) in [4.78, 5) is 41.8. The Bertz CT molecular complexity index is 1240. The molecule has 1 fully saturated rings. The maximum absolute atomic E-state index is 13.3. The van der Waals surface area contributed by atoms with Crippen molar-refractivity contribution in [3.63, 3.8) is 0 Å². The third-order valence-corrected chi connectivity index (χ3v) is 6.83. The van der Waals surface area contributed by atoms with Gasteiger partial charge in [0.1, 0.15) is 0 Å². The highest BCUT2D eigenvalue weighted by molar-refractivity contribution is 6.21. The van der Waals surface area contributed by atoms with Gasteiger partial charge in [-0.15, -0.1) is 0 Å². The molecule has 3 aromatic rings. The Balaban J connectivity index is 1.33. The van der Waals surface area contributed by atoms with E-state index in [9.17, 15) is 14.4 Å². The number of hydrogen-bond donors (Lipinski definition) is 0. The Morgan fingerprint density at radius 2 is 1.64 bits per heavy atom. The normalized spacial score (nSPS) is 17.7. The molecule has 2 aliphatic rings. The number of carbonyl (C=O) groups excluding carboxylic acids is 3. The van der Waals surface area contributed by atoms with Crippen molar-refractivity contribution >= 4 is 17.7 Å². The maximum atomic E-state index is 13.3. The van der Waals surface area contributed by atoms with E-state index in [4.69, 9.17) is 0 Å². The number of aryl methyl sites for hydroxylation is 2. The number of hydrogen-bond acceptors (Lipinski definition) is 4.